The second-order valence-electron chi connectivity index (χ2n) is 5.95. The van der Waals surface area contributed by atoms with Crippen molar-refractivity contribution >= 4 is 63.3 Å². The molecule has 1 aliphatic heterocycles. The van der Waals surface area contributed by atoms with Crippen LogP contribution in [0.1, 0.15) is 18.9 Å². The summed E-state index contributed by atoms with van der Waals surface area (Å²) in [5.41, 5.74) is 2.18. The Morgan fingerprint density at radius 3 is 2.36 bits per heavy atom. The van der Waals surface area contributed by atoms with E-state index in [9.17, 15) is 9.59 Å². The molecule has 0 aromatic heterocycles. The van der Waals surface area contributed by atoms with Crippen molar-refractivity contribution in [2.45, 2.75) is 18.6 Å². The molecule has 1 atom stereocenters. The molecule has 1 aliphatic rings. The number of benzene rings is 2. The van der Waals surface area contributed by atoms with Crippen LogP contribution in [-0.4, -0.2) is 27.9 Å². The molecule has 2 aromatic carbocycles. The summed E-state index contributed by atoms with van der Waals surface area (Å²) in [7, 11) is 0. The number of amidine groups is 1. The van der Waals surface area contributed by atoms with Crippen molar-refractivity contribution in [1.82, 2.24) is 5.32 Å². The third kappa shape index (κ3) is 5.58. The number of thioether (sulfide) groups is 1. The van der Waals surface area contributed by atoms with Crippen LogP contribution < -0.4 is 10.6 Å². The summed E-state index contributed by atoms with van der Waals surface area (Å²) in [6.07, 6.45) is 0.0258. The Bertz CT molecular complexity index is 943. The zero-order valence-corrected chi connectivity index (χ0v) is 17.1. The number of anilines is 1. The fraction of sp³-hybridized carbons (Fsp3) is 0.158. The fourth-order valence-corrected chi connectivity index (χ4v) is 3.54. The molecule has 9 heteroatoms. The van der Waals surface area contributed by atoms with Gasteiger partial charge in [-0.2, -0.15) is 5.10 Å². The van der Waals surface area contributed by atoms with E-state index in [0.29, 0.717) is 26.6 Å². The van der Waals surface area contributed by atoms with E-state index >= 15 is 0 Å². The lowest BCUT2D eigenvalue weighted by Gasteiger charge is -2.07. The molecule has 0 saturated carbocycles. The van der Waals surface area contributed by atoms with Crippen molar-refractivity contribution in [3.05, 3.63) is 64.1 Å². The molecule has 144 valence electrons. The lowest BCUT2D eigenvalue weighted by Crippen LogP contribution is -2.28. The van der Waals surface area contributed by atoms with E-state index < -0.39 is 5.25 Å². The number of hydrogen-bond donors (Lipinski definition) is 2. The maximum Gasteiger partial charge on any atom is 0.240 e. The maximum absolute atomic E-state index is 12.2. The Balaban J connectivity index is 1.58. The van der Waals surface area contributed by atoms with Crippen molar-refractivity contribution in [1.29, 1.82) is 0 Å². The predicted octanol–water partition coefficient (Wildman–Crippen LogP) is 4.33. The van der Waals surface area contributed by atoms with Gasteiger partial charge in [0.05, 0.1) is 5.71 Å². The highest BCUT2D eigenvalue weighted by atomic mass is 35.5. The molecule has 28 heavy (non-hydrogen) atoms. The topological polar surface area (TPSA) is 82.9 Å². The quantitative estimate of drug-likeness (QED) is 0.542. The molecule has 1 heterocycles. The summed E-state index contributed by atoms with van der Waals surface area (Å²) >= 11 is 12.9. The number of nitrogens with one attached hydrogen (secondary N) is 2. The van der Waals surface area contributed by atoms with Crippen LogP contribution in [0.25, 0.3) is 0 Å². The van der Waals surface area contributed by atoms with Crippen LogP contribution in [0, 0.1) is 0 Å². The summed E-state index contributed by atoms with van der Waals surface area (Å²) in [6, 6.07) is 14.0. The van der Waals surface area contributed by atoms with E-state index in [-0.39, 0.29) is 18.2 Å². The molecule has 1 saturated heterocycles. The van der Waals surface area contributed by atoms with Crippen LogP contribution in [-0.2, 0) is 9.59 Å². The van der Waals surface area contributed by atoms with Crippen LogP contribution >= 0.6 is 35.0 Å². The van der Waals surface area contributed by atoms with Gasteiger partial charge in [-0.3, -0.25) is 9.59 Å². The van der Waals surface area contributed by atoms with Crippen LogP contribution in [0.4, 0.5) is 5.69 Å². The summed E-state index contributed by atoms with van der Waals surface area (Å²) in [4.78, 5) is 24.3. The average molecular weight is 435 g/mol. The molecule has 2 N–H and O–H groups in total. The van der Waals surface area contributed by atoms with E-state index in [1.165, 1.54) is 11.8 Å². The first-order chi connectivity index (χ1) is 13.4. The Hall–Kier alpha value is -2.35. The normalized spacial score (nSPS) is 18.2. The smallest absolute Gasteiger partial charge is 0.240 e. The minimum absolute atomic E-state index is 0.0258. The number of nitrogens with zero attached hydrogens (tertiary/aromatic N) is 2. The molecule has 0 bridgehead atoms. The number of amides is 2. The van der Waals surface area contributed by atoms with E-state index in [2.05, 4.69) is 20.8 Å². The molecular weight excluding hydrogens is 419 g/mol. The van der Waals surface area contributed by atoms with Crippen LogP contribution in [0.5, 0.6) is 0 Å². The van der Waals surface area contributed by atoms with Crippen LogP contribution in [0.3, 0.4) is 0 Å². The lowest BCUT2D eigenvalue weighted by molar-refractivity contribution is -0.122. The number of halogens is 2. The van der Waals surface area contributed by atoms with Gasteiger partial charge in [-0.15, -0.1) is 5.10 Å². The highest BCUT2D eigenvalue weighted by Gasteiger charge is 2.32. The molecule has 0 spiro atoms. The van der Waals surface area contributed by atoms with Crippen molar-refractivity contribution < 1.29 is 9.59 Å². The zero-order valence-electron chi connectivity index (χ0n) is 14.8. The molecule has 0 radical (unpaired) electrons. The van der Waals surface area contributed by atoms with Gasteiger partial charge in [-0.05, 0) is 48.9 Å². The fourth-order valence-electron chi connectivity index (χ4n) is 2.37. The van der Waals surface area contributed by atoms with E-state index in [1.807, 2.05) is 19.1 Å². The number of carbonyl (C=O) groups is 2. The Kier molecular flexibility index (Phi) is 6.72. The lowest BCUT2D eigenvalue weighted by atomic mass is 10.1. The van der Waals surface area contributed by atoms with Gasteiger partial charge in [-0.1, -0.05) is 47.1 Å². The van der Waals surface area contributed by atoms with Gasteiger partial charge < -0.3 is 10.6 Å². The molecule has 2 amide bonds. The molecular formula is C19H16Cl2N4O2S. The van der Waals surface area contributed by atoms with Gasteiger partial charge in [0.25, 0.3) is 0 Å². The largest absolute Gasteiger partial charge is 0.326 e. The molecule has 3 rings (SSSR count). The maximum atomic E-state index is 12.2. The Labute approximate surface area is 176 Å². The summed E-state index contributed by atoms with van der Waals surface area (Å²) in [6.45, 7) is 1.81. The molecule has 1 fully saturated rings. The third-order valence-electron chi connectivity index (χ3n) is 3.83. The summed E-state index contributed by atoms with van der Waals surface area (Å²) in [5, 5.41) is 14.6. The monoisotopic (exact) mass is 434 g/mol. The Morgan fingerprint density at radius 1 is 1.11 bits per heavy atom. The van der Waals surface area contributed by atoms with Gasteiger partial charge in [-0.25, -0.2) is 0 Å². The first-order valence-electron chi connectivity index (χ1n) is 8.32. The summed E-state index contributed by atoms with van der Waals surface area (Å²) < 4.78 is 0. The molecule has 6 nitrogen and oxygen atoms in total. The molecule has 0 unspecified atom stereocenters. The van der Waals surface area contributed by atoms with Gasteiger partial charge in [0.15, 0.2) is 5.17 Å². The van der Waals surface area contributed by atoms with Crippen LogP contribution in [0.15, 0.2) is 58.7 Å². The third-order valence-corrected chi connectivity index (χ3v) is 5.40. The first-order valence-corrected chi connectivity index (χ1v) is 9.95. The van der Waals surface area contributed by atoms with E-state index in [0.717, 1.165) is 5.56 Å². The van der Waals surface area contributed by atoms with Gasteiger partial charge >= 0.3 is 0 Å². The highest BCUT2D eigenvalue weighted by Crippen LogP contribution is 2.23. The minimum atomic E-state index is -0.558. The summed E-state index contributed by atoms with van der Waals surface area (Å²) in [5.74, 6) is -0.536. The zero-order chi connectivity index (χ0) is 20.1. The van der Waals surface area contributed by atoms with Crippen LogP contribution in [0.2, 0.25) is 10.0 Å². The van der Waals surface area contributed by atoms with E-state index in [4.69, 9.17) is 23.2 Å². The first kappa shape index (κ1) is 20.4. The standard InChI is InChI=1S/C19H16Cl2N4O2S/c1-11(12-2-4-13(20)5-3-12)24-25-19-23-18(27)16(28-19)10-17(26)22-15-8-6-14(21)7-9-15/h2-9,16H,10H2,1H3,(H,22,26)(H,23,25,27)/b24-11-/t16-/m1/s1. The second kappa shape index (κ2) is 9.23. The van der Waals surface area contributed by atoms with E-state index in [1.54, 1.807) is 36.4 Å². The SMILES string of the molecule is C/C(=N/N=C1/NC(=O)[C@@H](CC(=O)Nc2ccc(Cl)cc2)S1)c1ccc(Cl)cc1. The average Bonchev–Trinajstić information content (AvgIpc) is 3.01. The number of rotatable bonds is 5. The predicted molar refractivity (Wildman–Crippen MR) is 115 cm³/mol. The number of carbonyl (C=O) groups excluding carboxylic acids is 2. The second-order valence-corrected chi connectivity index (χ2v) is 8.02. The van der Waals surface area contributed by atoms with Crippen molar-refractivity contribution in [3.63, 3.8) is 0 Å². The molecule has 0 aliphatic carbocycles. The van der Waals surface area contributed by atoms with Crippen molar-refractivity contribution in [2.75, 3.05) is 5.32 Å². The van der Waals surface area contributed by atoms with Gasteiger partial charge in [0, 0.05) is 22.2 Å². The minimum Gasteiger partial charge on any atom is -0.326 e. The molecule has 2 aromatic rings. The highest BCUT2D eigenvalue weighted by molar-refractivity contribution is 8.15. The number of hydrogen-bond acceptors (Lipinski definition) is 5. The van der Waals surface area contributed by atoms with Gasteiger partial charge in [0.2, 0.25) is 11.8 Å². The Morgan fingerprint density at radius 2 is 1.71 bits per heavy atom. The van der Waals surface area contributed by atoms with Crippen molar-refractivity contribution in [3.8, 4) is 0 Å². The van der Waals surface area contributed by atoms with Crippen molar-refractivity contribution in [2.24, 2.45) is 10.2 Å². The van der Waals surface area contributed by atoms with Gasteiger partial charge in [0.1, 0.15) is 5.25 Å².